The summed E-state index contributed by atoms with van der Waals surface area (Å²) in [4.78, 5) is 12.4. The lowest BCUT2D eigenvalue weighted by molar-refractivity contribution is -0.156. The van der Waals surface area contributed by atoms with Crippen LogP contribution in [0.15, 0.2) is 23.0 Å². The molecule has 0 saturated carbocycles. The minimum Gasteiger partial charge on any atom is -0.472 e. The van der Waals surface area contributed by atoms with Gasteiger partial charge in [-0.25, -0.2) is 0 Å². The van der Waals surface area contributed by atoms with Crippen molar-refractivity contribution in [3.05, 3.63) is 24.2 Å². The van der Waals surface area contributed by atoms with Gasteiger partial charge in [-0.3, -0.25) is 4.79 Å². The van der Waals surface area contributed by atoms with Gasteiger partial charge in [0.15, 0.2) is 5.78 Å². The fourth-order valence-corrected chi connectivity index (χ4v) is 2.22. The van der Waals surface area contributed by atoms with Crippen molar-refractivity contribution in [3.8, 4) is 0 Å². The van der Waals surface area contributed by atoms with E-state index in [0.29, 0.717) is 39.1 Å². The number of ether oxygens (including phenoxy) is 2. The topological polar surface area (TPSA) is 48.7 Å². The third-order valence-electron chi connectivity index (χ3n) is 3.17. The summed E-state index contributed by atoms with van der Waals surface area (Å²) in [5, 5.41) is 0. The van der Waals surface area contributed by atoms with E-state index in [2.05, 4.69) is 0 Å². The Kier molecular flexibility index (Phi) is 3.97. The maximum Gasteiger partial charge on any atom is 0.169 e. The van der Waals surface area contributed by atoms with E-state index in [-0.39, 0.29) is 5.78 Å². The van der Waals surface area contributed by atoms with E-state index in [9.17, 15) is 4.79 Å². The molecule has 94 valence electrons. The van der Waals surface area contributed by atoms with Crippen molar-refractivity contribution in [2.75, 3.05) is 19.8 Å². The van der Waals surface area contributed by atoms with Crippen LogP contribution >= 0.6 is 0 Å². The maximum atomic E-state index is 12.4. The Morgan fingerprint density at radius 2 is 2.24 bits per heavy atom. The molecule has 0 aliphatic carbocycles. The van der Waals surface area contributed by atoms with Crippen molar-refractivity contribution in [1.82, 2.24) is 0 Å². The molecule has 1 aliphatic rings. The standard InChI is InChI=1S/C13H18O4/c1-2-17-13(4-7-15-8-5-13)12(14)9-11-3-6-16-10-11/h3,6,10H,2,4-5,7-9H2,1H3. The van der Waals surface area contributed by atoms with Crippen molar-refractivity contribution in [2.45, 2.75) is 31.8 Å². The Morgan fingerprint density at radius 1 is 1.47 bits per heavy atom. The molecule has 0 bridgehead atoms. The summed E-state index contributed by atoms with van der Waals surface area (Å²) in [6.45, 7) is 3.66. The van der Waals surface area contributed by atoms with Crippen LogP contribution in [0, 0.1) is 0 Å². The van der Waals surface area contributed by atoms with Crippen LogP contribution in [0.4, 0.5) is 0 Å². The first kappa shape index (κ1) is 12.3. The predicted octanol–water partition coefficient (Wildman–Crippen LogP) is 1.98. The average Bonchev–Trinajstić information content (AvgIpc) is 2.83. The number of rotatable bonds is 5. The van der Waals surface area contributed by atoms with Crippen LogP contribution in [-0.2, 0) is 20.7 Å². The fourth-order valence-electron chi connectivity index (χ4n) is 2.22. The van der Waals surface area contributed by atoms with Gasteiger partial charge in [0.1, 0.15) is 5.60 Å². The molecule has 1 aromatic heterocycles. The number of Topliss-reactive ketones (excluding diaryl/α,β-unsaturated/α-hetero) is 1. The second kappa shape index (κ2) is 5.47. The zero-order valence-electron chi connectivity index (χ0n) is 10.1. The number of furan rings is 1. The molecule has 0 atom stereocenters. The molecule has 4 heteroatoms. The highest BCUT2D eigenvalue weighted by molar-refractivity contribution is 5.89. The fraction of sp³-hybridized carbons (Fsp3) is 0.615. The quantitative estimate of drug-likeness (QED) is 0.787. The molecule has 0 spiro atoms. The minimum atomic E-state index is -0.649. The van der Waals surface area contributed by atoms with Crippen molar-refractivity contribution in [3.63, 3.8) is 0 Å². The van der Waals surface area contributed by atoms with E-state index in [0.717, 1.165) is 5.56 Å². The molecule has 0 unspecified atom stereocenters. The molecule has 1 fully saturated rings. The lowest BCUT2D eigenvalue weighted by Crippen LogP contribution is -2.47. The molecular weight excluding hydrogens is 220 g/mol. The van der Waals surface area contributed by atoms with E-state index < -0.39 is 5.60 Å². The Morgan fingerprint density at radius 3 is 2.82 bits per heavy atom. The Hall–Kier alpha value is -1.13. The molecule has 1 aromatic rings. The molecule has 0 amide bonds. The van der Waals surface area contributed by atoms with Gasteiger partial charge < -0.3 is 13.9 Å². The van der Waals surface area contributed by atoms with Gasteiger partial charge in [0.2, 0.25) is 0 Å². The van der Waals surface area contributed by atoms with E-state index in [4.69, 9.17) is 13.9 Å². The first-order chi connectivity index (χ1) is 8.27. The van der Waals surface area contributed by atoms with E-state index in [1.54, 1.807) is 12.5 Å². The summed E-state index contributed by atoms with van der Waals surface area (Å²) in [5.41, 5.74) is 0.255. The Balaban J connectivity index is 2.06. The monoisotopic (exact) mass is 238 g/mol. The Bertz CT molecular complexity index is 344. The van der Waals surface area contributed by atoms with E-state index >= 15 is 0 Å². The lowest BCUT2D eigenvalue weighted by Gasteiger charge is -2.35. The lowest BCUT2D eigenvalue weighted by atomic mass is 9.86. The summed E-state index contributed by atoms with van der Waals surface area (Å²) in [6, 6.07) is 1.82. The Labute approximate surface area is 101 Å². The van der Waals surface area contributed by atoms with E-state index in [1.807, 2.05) is 13.0 Å². The highest BCUT2D eigenvalue weighted by Crippen LogP contribution is 2.27. The molecule has 17 heavy (non-hydrogen) atoms. The molecular formula is C13H18O4. The molecule has 1 aliphatic heterocycles. The number of carbonyl (C=O) groups excluding carboxylic acids is 1. The van der Waals surface area contributed by atoms with Gasteiger partial charge >= 0.3 is 0 Å². The van der Waals surface area contributed by atoms with Gasteiger partial charge in [-0.2, -0.15) is 0 Å². The van der Waals surface area contributed by atoms with Crippen LogP contribution in [0.5, 0.6) is 0 Å². The van der Waals surface area contributed by atoms with Crippen LogP contribution in [-0.4, -0.2) is 31.2 Å². The van der Waals surface area contributed by atoms with Crippen molar-refractivity contribution >= 4 is 5.78 Å². The van der Waals surface area contributed by atoms with Crippen LogP contribution in [0.3, 0.4) is 0 Å². The second-order valence-electron chi connectivity index (χ2n) is 4.27. The van der Waals surface area contributed by atoms with Crippen LogP contribution in [0.1, 0.15) is 25.3 Å². The van der Waals surface area contributed by atoms with Gasteiger partial charge in [-0.1, -0.05) is 0 Å². The highest BCUT2D eigenvalue weighted by atomic mass is 16.5. The zero-order chi connectivity index (χ0) is 12.1. The molecule has 2 heterocycles. The van der Waals surface area contributed by atoms with Crippen molar-refractivity contribution in [1.29, 1.82) is 0 Å². The van der Waals surface area contributed by atoms with E-state index in [1.165, 1.54) is 0 Å². The molecule has 1 saturated heterocycles. The summed E-state index contributed by atoms with van der Waals surface area (Å²) < 4.78 is 16.0. The molecule has 0 radical (unpaired) electrons. The van der Waals surface area contributed by atoms with Gasteiger partial charge in [0.25, 0.3) is 0 Å². The smallest absolute Gasteiger partial charge is 0.169 e. The SMILES string of the molecule is CCOC1(C(=O)Cc2ccoc2)CCOCC1. The summed E-state index contributed by atoms with van der Waals surface area (Å²) in [7, 11) is 0. The van der Waals surface area contributed by atoms with Crippen molar-refractivity contribution < 1.29 is 18.7 Å². The van der Waals surface area contributed by atoms with Gasteiger partial charge in [0, 0.05) is 39.1 Å². The largest absolute Gasteiger partial charge is 0.472 e. The molecule has 4 nitrogen and oxygen atoms in total. The molecule has 0 N–H and O–H groups in total. The number of ketones is 1. The maximum absolute atomic E-state index is 12.4. The van der Waals surface area contributed by atoms with Crippen LogP contribution in [0.2, 0.25) is 0 Å². The number of carbonyl (C=O) groups is 1. The zero-order valence-corrected chi connectivity index (χ0v) is 10.1. The number of hydrogen-bond acceptors (Lipinski definition) is 4. The summed E-state index contributed by atoms with van der Waals surface area (Å²) in [5.74, 6) is 0.129. The van der Waals surface area contributed by atoms with Gasteiger partial charge in [-0.05, 0) is 18.6 Å². The second-order valence-corrected chi connectivity index (χ2v) is 4.27. The average molecular weight is 238 g/mol. The van der Waals surface area contributed by atoms with Gasteiger partial charge in [-0.15, -0.1) is 0 Å². The number of hydrogen-bond donors (Lipinski definition) is 0. The molecule has 0 aromatic carbocycles. The summed E-state index contributed by atoms with van der Waals surface area (Å²) in [6.07, 6.45) is 4.86. The normalized spacial score (nSPS) is 19.1. The van der Waals surface area contributed by atoms with Crippen LogP contribution in [0.25, 0.3) is 0 Å². The first-order valence-corrected chi connectivity index (χ1v) is 6.03. The molecule has 2 rings (SSSR count). The summed E-state index contributed by atoms with van der Waals surface area (Å²) >= 11 is 0. The predicted molar refractivity (Wildman–Crippen MR) is 61.8 cm³/mol. The third-order valence-corrected chi connectivity index (χ3v) is 3.17. The third kappa shape index (κ3) is 2.76. The van der Waals surface area contributed by atoms with Gasteiger partial charge in [0.05, 0.1) is 12.5 Å². The van der Waals surface area contributed by atoms with Crippen molar-refractivity contribution in [2.24, 2.45) is 0 Å². The minimum absolute atomic E-state index is 0.129. The first-order valence-electron chi connectivity index (χ1n) is 6.03. The highest BCUT2D eigenvalue weighted by Gasteiger charge is 2.40. The van der Waals surface area contributed by atoms with Crippen LogP contribution < -0.4 is 0 Å².